The summed E-state index contributed by atoms with van der Waals surface area (Å²) < 4.78 is 1.70. The van der Waals surface area contributed by atoms with E-state index in [4.69, 9.17) is 5.73 Å². The van der Waals surface area contributed by atoms with Gasteiger partial charge in [0.05, 0.1) is 6.20 Å². The van der Waals surface area contributed by atoms with Gasteiger partial charge in [0.1, 0.15) is 6.54 Å². The van der Waals surface area contributed by atoms with Crippen molar-refractivity contribution in [3.63, 3.8) is 0 Å². The molecule has 2 aromatic carbocycles. The molecule has 4 aromatic rings. The van der Waals surface area contributed by atoms with Crippen LogP contribution in [0.15, 0.2) is 73.3 Å². The van der Waals surface area contributed by atoms with Gasteiger partial charge in [0.2, 0.25) is 11.8 Å². The van der Waals surface area contributed by atoms with Gasteiger partial charge in [-0.3, -0.25) is 19.3 Å². The van der Waals surface area contributed by atoms with Gasteiger partial charge in [0.15, 0.2) is 0 Å². The van der Waals surface area contributed by atoms with Crippen LogP contribution < -0.4 is 5.73 Å². The molecule has 1 fully saturated rings. The van der Waals surface area contributed by atoms with Crippen molar-refractivity contribution < 1.29 is 9.59 Å². The van der Waals surface area contributed by atoms with Crippen LogP contribution in [0.25, 0.3) is 33.0 Å². The van der Waals surface area contributed by atoms with E-state index in [2.05, 4.69) is 46.5 Å². The molecular formula is C35H44N6O2. The summed E-state index contributed by atoms with van der Waals surface area (Å²) in [6.45, 7) is 3.35. The van der Waals surface area contributed by atoms with Crippen LogP contribution in [-0.2, 0) is 16.1 Å². The number of amides is 2. The van der Waals surface area contributed by atoms with Crippen molar-refractivity contribution in [2.24, 2.45) is 5.73 Å². The highest BCUT2D eigenvalue weighted by atomic mass is 16.2. The molecule has 0 atom stereocenters. The minimum absolute atomic E-state index is 0.0343. The third kappa shape index (κ3) is 8.29. The monoisotopic (exact) mass is 580 g/mol. The summed E-state index contributed by atoms with van der Waals surface area (Å²) >= 11 is 0. The van der Waals surface area contributed by atoms with Crippen LogP contribution in [0.2, 0.25) is 0 Å². The van der Waals surface area contributed by atoms with Crippen LogP contribution in [0.1, 0.15) is 57.8 Å². The predicted molar refractivity (Wildman–Crippen MR) is 172 cm³/mol. The average molecular weight is 581 g/mol. The fourth-order valence-corrected chi connectivity index (χ4v) is 5.87. The number of piperazine rings is 1. The molecule has 2 aromatic heterocycles. The highest BCUT2D eigenvalue weighted by Gasteiger charge is 2.24. The van der Waals surface area contributed by atoms with Gasteiger partial charge in [-0.25, -0.2) is 0 Å². The molecular weight excluding hydrogens is 536 g/mol. The van der Waals surface area contributed by atoms with Gasteiger partial charge < -0.3 is 15.5 Å². The quantitative estimate of drug-likeness (QED) is 0.187. The number of unbranched alkanes of at least 4 members (excludes halogenated alkanes) is 7. The number of carbonyl (C=O) groups is 2. The number of nitrogens with two attached hydrogens (primary N) is 1. The van der Waals surface area contributed by atoms with Crippen LogP contribution in [0.4, 0.5) is 0 Å². The van der Waals surface area contributed by atoms with Crippen molar-refractivity contribution in [1.82, 2.24) is 24.6 Å². The number of benzene rings is 2. The third-order valence-corrected chi connectivity index (χ3v) is 8.46. The van der Waals surface area contributed by atoms with E-state index in [-0.39, 0.29) is 18.4 Å². The van der Waals surface area contributed by atoms with E-state index in [1.807, 2.05) is 40.5 Å². The van der Waals surface area contributed by atoms with Gasteiger partial charge in [-0.05, 0) is 35.9 Å². The molecule has 8 nitrogen and oxygen atoms in total. The first-order valence-corrected chi connectivity index (χ1v) is 15.8. The molecule has 1 aliphatic rings. The summed E-state index contributed by atoms with van der Waals surface area (Å²) in [5.74, 6) is 0.251. The lowest BCUT2D eigenvalue weighted by atomic mass is 9.99. The fraction of sp³-hybridized carbons (Fsp3) is 0.429. The molecule has 8 heteroatoms. The van der Waals surface area contributed by atoms with Gasteiger partial charge in [-0.15, -0.1) is 0 Å². The first-order valence-electron chi connectivity index (χ1n) is 15.8. The molecule has 43 heavy (non-hydrogen) atoms. The lowest BCUT2D eigenvalue weighted by Crippen LogP contribution is -2.51. The van der Waals surface area contributed by atoms with Crippen molar-refractivity contribution in [2.45, 2.75) is 64.3 Å². The zero-order valence-corrected chi connectivity index (χ0v) is 25.2. The number of rotatable bonds is 14. The first-order chi connectivity index (χ1) is 21.1. The Bertz CT molecular complexity index is 1470. The number of aromatic nitrogens is 3. The molecule has 0 saturated carbocycles. The molecule has 0 unspecified atom stereocenters. The van der Waals surface area contributed by atoms with Gasteiger partial charge in [-0.2, -0.15) is 5.10 Å². The van der Waals surface area contributed by atoms with Gasteiger partial charge in [0.25, 0.3) is 0 Å². The summed E-state index contributed by atoms with van der Waals surface area (Å²) in [5.41, 5.74) is 9.77. The van der Waals surface area contributed by atoms with Gasteiger partial charge in [-0.1, -0.05) is 87.1 Å². The maximum atomic E-state index is 13.0. The summed E-state index contributed by atoms with van der Waals surface area (Å²) in [4.78, 5) is 33.8. The summed E-state index contributed by atoms with van der Waals surface area (Å²) in [6.07, 6.45) is 17.5. The summed E-state index contributed by atoms with van der Waals surface area (Å²) in [7, 11) is 0. The standard InChI is InChI=1S/C35H44N6O2/c36-18-10-6-4-2-1-3-5-7-13-34(42)39-19-21-40(22-20-39)35(43)27-41-26-31(24-38-41)28-14-16-29(17-15-28)33-25-37-23-30-11-8-9-12-32(30)33/h8-9,11-12,14-17,23-26H,1-7,10,13,18-22,27,36H2. The molecule has 0 spiro atoms. The molecule has 2 amide bonds. The van der Waals surface area contributed by atoms with E-state index in [9.17, 15) is 9.59 Å². The zero-order chi connectivity index (χ0) is 29.9. The van der Waals surface area contributed by atoms with Crippen molar-refractivity contribution in [2.75, 3.05) is 32.7 Å². The minimum Gasteiger partial charge on any atom is -0.339 e. The van der Waals surface area contributed by atoms with Crippen molar-refractivity contribution >= 4 is 22.6 Å². The number of nitrogens with zero attached hydrogens (tertiary/aromatic N) is 5. The number of carbonyl (C=O) groups excluding carboxylic acids is 2. The maximum absolute atomic E-state index is 13.0. The van der Waals surface area contributed by atoms with Crippen molar-refractivity contribution in [3.8, 4) is 22.3 Å². The summed E-state index contributed by atoms with van der Waals surface area (Å²) in [6, 6.07) is 16.6. The number of hydrogen-bond donors (Lipinski definition) is 1. The molecule has 226 valence electrons. The van der Waals surface area contributed by atoms with Crippen molar-refractivity contribution in [3.05, 3.63) is 73.3 Å². The third-order valence-electron chi connectivity index (χ3n) is 8.46. The SMILES string of the molecule is NCCCCCCCCCCC(=O)N1CCN(C(=O)Cn2cc(-c3ccc(-c4cncc5ccccc45)cc3)cn2)CC1. The fourth-order valence-electron chi connectivity index (χ4n) is 5.87. The topological polar surface area (TPSA) is 97.4 Å². The summed E-state index contributed by atoms with van der Waals surface area (Å²) in [5, 5.41) is 6.75. The second kappa shape index (κ2) is 15.4. The van der Waals surface area contributed by atoms with Gasteiger partial charge in [0, 0.05) is 67.7 Å². The van der Waals surface area contributed by atoms with Crippen LogP contribution in [0.5, 0.6) is 0 Å². The molecule has 5 rings (SSSR count). The van der Waals surface area contributed by atoms with Crippen LogP contribution in [0, 0.1) is 0 Å². The Morgan fingerprint density at radius 1 is 0.674 bits per heavy atom. The normalized spacial score (nSPS) is 13.5. The maximum Gasteiger partial charge on any atom is 0.244 e. The Morgan fingerprint density at radius 3 is 2.02 bits per heavy atom. The van der Waals surface area contributed by atoms with Crippen LogP contribution >= 0.6 is 0 Å². The lowest BCUT2D eigenvalue weighted by Gasteiger charge is -2.34. The Morgan fingerprint density at radius 2 is 1.30 bits per heavy atom. The Labute approximate surface area is 254 Å². The van der Waals surface area contributed by atoms with Crippen molar-refractivity contribution in [1.29, 1.82) is 0 Å². The second-order valence-electron chi connectivity index (χ2n) is 11.5. The van der Waals surface area contributed by atoms with E-state index in [1.54, 1.807) is 10.9 Å². The predicted octanol–water partition coefficient (Wildman–Crippen LogP) is 5.91. The number of hydrogen-bond acceptors (Lipinski definition) is 5. The molecule has 0 radical (unpaired) electrons. The number of fused-ring (bicyclic) bond motifs is 1. The largest absolute Gasteiger partial charge is 0.339 e. The molecule has 1 saturated heterocycles. The van der Waals surface area contributed by atoms with E-state index < -0.39 is 0 Å². The van der Waals surface area contributed by atoms with Gasteiger partial charge >= 0.3 is 0 Å². The number of pyridine rings is 1. The molecule has 3 heterocycles. The molecule has 2 N–H and O–H groups in total. The zero-order valence-electron chi connectivity index (χ0n) is 25.2. The van der Waals surface area contributed by atoms with E-state index in [0.717, 1.165) is 53.4 Å². The average Bonchev–Trinajstić information content (AvgIpc) is 3.52. The highest BCUT2D eigenvalue weighted by molar-refractivity contribution is 5.95. The smallest absolute Gasteiger partial charge is 0.244 e. The second-order valence-corrected chi connectivity index (χ2v) is 11.5. The Hall–Kier alpha value is -4.04. The Kier molecular flexibility index (Phi) is 10.9. The molecule has 1 aliphatic heterocycles. The van der Waals surface area contributed by atoms with E-state index >= 15 is 0 Å². The Balaban J connectivity index is 1.04. The molecule has 0 bridgehead atoms. The highest BCUT2D eigenvalue weighted by Crippen LogP contribution is 2.29. The van der Waals surface area contributed by atoms with Crippen LogP contribution in [-0.4, -0.2) is 69.1 Å². The van der Waals surface area contributed by atoms with Crippen LogP contribution in [0.3, 0.4) is 0 Å². The lowest BCUT2D eigenvalue weighted by molar-refractivity contribution is -0.140. The molecule has 0 aliphatic carbocycles. The van der Waals surface area contributed by atoms with E-state index in [1.165, 1.54) is 37.5 Å². The first kappa shape index (κ1) is 30.4. The minimum atomic E-state index is 0.0343. The van der Waals surface area contributed by atoms with E-state index in [0.29, 0.717) is 32.6 Å².